The Labute approximate surface area is 66.2 Å². The summed E-state index contributed by atoms with van der Waals surface area (Å²) in [5.41, 5.74) is 5.49. The van der Waals surface area contributed by atoms with Crippen LogP contribution in [0.5, 0.6) is 0 Å². The van der Waals surface area contributed by atoms with E-state index in [4.69, 9.17) is 10.8 Å². The van der Waals surface area contributed by atoms with Gasteiger partial charge in [-0.25, -0.2) is 0 Å². The Morgan fingerprint density at radius 3 is 2.90 bits per heavy atom. The van der Waals surface area contributed by atoms with E-state index in [0.717, 1.165) is 0 Å². The van der Waals surface area contributed by atoms with Crippen LogP contribution in [0.3, 0.4) is 0 Å². The molecular formula is C7H15NOS. The molecular weight excluding hydrogens is 146 g/mol. The highest BCUT2D eigenvalue weighted by Gasteiger charge is 2.23. The molecule has 0 bridgehead atoms. The first kappa shape index (κ1) is 8.37. The van der Waals surface area contributed by atoms with Crippen LogP contribution in [0, 0.1) is 11.8 Å². The highest BCUT2D eigenvalue weighted by Crippen LogP contribution is 2.28. The third-order valence-corrected chi connectivity index (χ3v) is 3.36. The van der Waals surface area contributed by atoms with Crippen molar-refractivity contribution in [3.63, 3.8) is 0 Å². The van der Waals surface area contributed by atoms with Crippen LogP contribution < -0.4 is 5.73 Å². The van der Waals surface area contributed by atoms with Gasteiger partial charge in [0.2, 0.25) is 0 Å². The lowest BCUT2D eigenvalue weighted by molar-refractivity contribution is 0.190. The fraction of sp³-hybridized carbons (Fsp3) is 1.00. The maximum atomic E-state index is 8.90. The number of nitrogens with two attached hydrogens (primary N) is 1. The molecule has 2 nitrogen and oxygen atoms in total. The van der Waals surface area contributed by atoms with Crippen molar-refractivity contribution >= 4 is 11.8 Å². The van der Waals surface area contributed by atoms with Crippen molar-refractivity contribution in [1.29, 1.82) is 0 Å². The summed E-state index contributed by atoms with van der Waals surface area (Å²) in [6, 6.07) is 0. The van der Waals surface area contributed by atoms with Gasteiger partial charge in [-0.15, -0.1) is 0 Å². The van der Waals surface area contributed by atoms with E-state index in [1.165, 1.54) is 17.9 Å². The highest BCUT2D eigenvalue weighted by atomic mass is 32.2. The Bertz CT molecular complexity index is 89.6. The van der Waals surface area contributed by atoms with Crippen molar-refractivity contribution in [1.82, 2.24) is 0 Å². The minimum atomic E-state index is 0.266. The molecule has 1 fully saturated rings. The van der Waals surface area contributed by atoms with Gasteiger partial charge in [0.1, 0.15) is 0 Å². The van der Waals surface area contributed by atoms with Gasteiger partial charge in [0.25, 0.3) is 0 Å². The largest absolute Gasteiger partial charge is 0.396 e. The van der Waals surface area contributed by atoms with Gasteiger partial charge < -0.3 is 10.8 Å². The van der Waals surface area contributed by atoms with Gasteiger partial charge in [-0.3, -0.25) is 0 Å². The average molecular weight is 161 g/mol. The van der Waals surface area contributed by atoms with Crippen LogP contribution in [0.25, 0.3) is 0 Å². The molecule has 0 saturated carbocycles. The van der Waals surface area contributed by atoms with Crippen molar-refractivity contribution < 1.29 is 5.11 Å². The monoisotopic (exact) mass is 161 g/mol. The lowest BCUT2D eigenvalue weighted by atomic mass is 9.93. The first-order valence-corrected chi connectivity index (χ1v) is 4.92. The molecule has 0 aromatic heterocycles. The van der Waals surface area contributed by atoms with Crippen LogP contribution in [0.15, 0.2) is 0 Å². The van der Waals surface area contributed by atoms with Crippen molar-refractivity contribution in [2.24, 2.45) is 17.6 Å². The molecule has 1 rings (SSSR count). The molecule has 0 spiro atoms. The summed E-state index contributed by atoms with van der Waals surface area (Å²) in [6.07, 6.45) is 1.24. The fourth-order valence-corrected chi connectivity index (χ4v) is 2.72. The quantitative estimate of drug-likeness (QED) is 0.626. The molecule has 0 aromatic rings. The molecule has 1 aliphatic rings. The Morgan fingerprint density at radius 2 is 2.50 bits per heavy atom. The Hall–Kier alpha value is 0.270. The van der Waals surface area contributed by atoms with Gasteiger partial charge in [-0.1, -0.05) is 0 Å². The molecule has 1 saturated heterocycles. The molecule has 60 valence electrons. The van der Waals surface area contributed by atoms with Gasteiger partial charge in [0.15, 0.2) is 0 Å². The van der Waals surface area contributed by atoms with E-state index in [9.17, 15) is 0 Å². The van der Waals surface area contributed by atoms with E-state index >= 15 is 0 Å². The average Bonchev–Trinajstić information content (AvgIpc) is 2.43. The topological polar surface area (TPSA) is 46.2 Å². The normalized spacial score (nSPS) is 28.8. The van der Waals surface area contributed by atoms with Crippen LogP contribution >= 0.6 is 11.8 Å². The maximum Gasteiger partial charge on any atom is 0.0474 e. The van der Waals surface area contributed by atoms with Crippen LogP contribution in [0.2, 0.25) is 0 Å². The summed E-state index contributed by atoms with van der Waals surface area (Å²) < 4.78 is 0. The van der Waals surface area contributed by atoms with E-state index in [0.29, 0.717) is 18.4 Å². The lowest BCUT2D eigenvalue weighted by Crippen LogP contribution is -2.26. The molecule has 3 N–H and O–H groups in total. The van der Waals surface area contributed by atoms with Crippen LogP contribution in [0.1, 0.15) is 6.42 Å². The summed E-state index contributed by atoms with van der Waals surface area (Å²) in [5.74, 6) is 3.49. The SMILES string of the molecule is NCC(CO)C1CCSC1. The second kappa shape index (κ2) is 4.21. The van der Waals surface area contributed by atoms with Crippen LogP contribution in [-0.4, -0.2) is 29.8 Å². The van der Waals surface area contributed by atoms with Gasteiger partial charge in [-0.05, 0) is 36.3 Å². The predicted octanol–water partition coefficient (Wildman–Crippen LogP) is 0.307. The number of hydrogen-bond donors (Lipinski definition) is 2. The zero-order valence-corrected chi connectivity index (χ0v) is 6.94. The molecule has 1 heterocycles. The van der Waals surface area contributed by atoms with E-state index in [1.807, 2.05) is 11.8 Å². The second-order valence-electron chi connectivity index (χ2n) is 2.80. The van der Waals surface area contributed by atoms with E-state index in [1.54, 1.807) is 0 Å². The summed E-state index contributed by atoms with van der Waals surface area (Å²) in [7, 11) is 0. The summed E-state index contributed by atoms with van der Waals surface area (Å²) in [4.78, 5) is 0. The molecule has 2 unspecified atom stereocenters. The first-order valence-electron chi connectivity index (χ1n) is 3.77. The summed E-state index contributed by atoms with van der Waals surface area (Å²) >= 11 is 1.97. The lowest BCUT2D eigenvalue weighted by Gasteiger charge is -2.17. The van der Waals surface area contributed by atoms with Gasteiger partial charge >= 0.3 is 0 Å². The molecule has 0 radical (unpaired) electrons. The van der Waals surface area contributed by atoms with Crippen molar-refractivity contribution in [3.05, 3.63) is 0 Å². The van der Waals surface area contributed by atoms with E-state index in [2.05, 4.69) is 0 Å². The number of rotatable bonds is 3. The third-order valence-electron chi connectivity index (χ3n) is 2.17. The third kappa shape index (κ3) is 1.87. The van der Waals surface area contributed by atoms with Gasteiger partial charge in [-0.2, -0.15) is 11.8 Å². The minimum Gasteiger partial charge on any atom is -0.396 e. The number of aliphatic hydroxyl groups excluding tert-OH is 1. The van der Waals surface area contributed by atoms with Crippen molar-refractivity contribution in [2.45, 2.75) is 6.42 Å². The highest BCUT2D eigenvalue weighted by molar-refractivity contribution is 7.99. The second-order valence-corrected chi connectivity index (χ2v) is 3.95. The van der Waals surface area contributed by atoms with Crippen LogP contribution in [0.4, 0.5) is 0 Å². The zero-order chi connectivity index (χ0) is 7.40. The van der Waals surface area contributed by atoms with Crippen molar-refractivity contribution in [2.75, 3.05) is 24.7 Å². The number of aliphatic hydroxyl groups is 1. The molecule has 2 atom stereocenters. The molecule has 0 amide bonds. The first-order chi connectivity index (χ1) is 4.88. The Morgan fingerprint density at radius 1 is 1.70 bits per heavy atom. The number of hydrogen-bond acceptors (Lipinski definition) is 3. The van der Waals surface area contributed by atoms with Crippen molar-refractivity contribution in [3.8, 4) is 0 Å². The fourth-order valence-electron chi connectivity index (χ4n) is 1.34. The standard InChI is InChI=1S/C7H15NOS/c8-3-7(4-9)6-1-2-10-5-6/h6-7,9H,1-5,8H2. The molecule has 0 aromatic carbocycles. The maximum absolute atomic E-state index is 8.90. The van der Waals surface area contributed by atoms with Gasteiger partial charge in [0.05, 0.1) is 0 Å². The summed E-state index contributed by atoms with van der Waals surface area (Å²) in [6.45, 7) is 0.906. The van der Waals surface area contributed by atoms with Gasteiger partial charge in [0, 0.05) is 6.61 Å². The molecule has 1 aliphatic heterocycles. The molecule has 3 heteroatoms. The minimum absolute atomic E-state index is 0.266. The smallest absolute Gasteiger partial charge is 0.0474 e. The predicted molar refractivity (Wildman–Crippen MR) is 45.1 cm³/mol. The summed E-state index contributed by atoms with van der Waals surface area (Å²) in [5, 5.41) is 8.90. The Kier molecular flexibility index (Phi) is 3.52. The molecule has 10 heavy (non-hydrogen) atoms. The van der Waals surface area contributed by atoms with E-state index in [-0.39, 0.29) is 6.61 Å². The van der Waals surface area contributed by atoms with E-state index < -0.39 is 0 Å². The molecule has 0 aliphatic carbocycles. The zero-order valence-electron chi connectivity index (χ0n) is 6.12. The van der Waals surface area contributed by atoms with Crippen LogP contribution in [-0.2, 0) is 0 Å². The number of thioether (sulfide) groups is 1. The Balaban J connectivity index is 2.29.